The molecule has 22 heavy (non-hydrogen) atoms. The van der Waals surface area contributed by atoms with Crippen LogP contribution in [0.3, 0.4) is 0 Å². The molecular formula is C16H23N5O. The monoisotopic (exact) mass is 301 g/mol. The Balaban J connectivity index is 1.67. The first-order chi connectivity index (χ1) is 10.5. The number of aliphatic hydroxyl groups excluding tert-OH is 1. The Labute approximate surface area is 130 Å². The van der Waals surface area contributed by atoms with Crippen molar-refractivity contribution >= 4 is 5.95 Å². The second kappa shape index (κ2) is 6.04. The third-order valence-electron chi connectivity index (χ3n) is 4.24. The van der Waals surface area contributed by atoms with E-state index in [9.17, 15) is 5.11 Å². The Hall–Kier alpha value is -1.95. The van der Waals surface area contributed by atoms with Crippen LogP contribution in [0.1, 0.15) is 36.7 Å². The molecule has 2 N–H and O–H groups in total. The normalized spacial score (nSPS) is 21.8. The Morgan fingerprint density at radius 2 is 2.05 bits per heavy atom. The number of aromatic nitrogens is 4. The fourth-order valence-electron chi connectivity index (χ4n) is 2.86. The van der Waals surface area contributed by atoms with Crippen LogP contribution in [0.5, 0.6) is 0 Å². The number of rotatable bonds is 4. The van der Waals surface area contributed by atoms with Crippen LogP contribution in [0.15, 0.2) is 18.5 Å². The van der Waals surface area contributed by atoms with Crippen molar-refractivity contribution in [1.29, 1.82) is 0 Å². The minimum atomic E-state index is -0.370. The third-order valence-corrected chi connectivity index (χ3v) is 4.24. The summed E-state index contributed by atoms with van der Waals surface area (Å²) in [5.41, 5.74) is 3.18. The maximum absolute atomic E-state index is 10.3. The number of β-amino-alcohol motifs (C(OH)–C–C–N with tert-alkyl or cyclic N) is 1. The van der Waals surface area contributed by atoms with Gasteiger partial charge in [0, 0.05) is 37.1 Å². The van der Waals surface area contributed by atoms with Crippen LogP contribution in [0.25, 0.3) is 0 Å². The fraction of sp³-hybridized carbons (Fsp3) is 0.562. The summed E-state index contributed by atoms with van der Waals surface area (Å²) in [7, 11) is 0. The Bertz CT molecular complexity index is 622. The molecule has 118 valence electrons. The molecule has 3 rings (SSSR count). The maximum atomic E-state index is 10.3. The lowest BCUT2D eigenvalue weighted by molar-refractivity contribution is 0.148. The number of aryl methyl sites for hydroxylation is 1. The van der Waals surface area contributed by atoms with Crippen molar-refractivity contribution < 1.29 is 5.11 Å². The molecule has 0 radical (unpaired) electrons. The van der Waals surface area contributed by atoms with Gasteiger partial charge in [-0.1, -0.05) is 13.8 Å². The lowest BCUT2D eigenvalue weighted by Gasteiger charge is -2.16. The van der Waals surface area contributed by atoms with Crippen molar-refractivity contribution in [3.05, 3.63) is 35.4 Å². The van der Waals surface area contributed by atoms with Gasteiger partial charge in [0.15, 0.2) is 0 Å². The molecule has 0 bridgehead atoms. The predicted molar refractivity (Wildman–Crippen MR) is 84.9 cm³/mol. The Morgan fingerprint density at radius 1 is 1.32 bits per heavy atom. The molecule has 0 aromatic carbocycles. The van der Waals surface area contributed by atoms with Crippen LogP contribution in [0, 0.1) is 12.8 Å². The zero-order valence-electron chi connectivity index (χ0n) is 13.3. The van der Waals surface area contributed by atoms with Gasteiger partial charge in [0.1, 0.15) is 0 Å². The van der Waals surface area contributed by atoms with Crippen molar-refractivity contribution in [2.75, 3.05) is 18.0 Å². The Kier molecular flexibility index (Phi) is 4.11. The van der Waals surface area contributed by atoms with E-state index in [0.717, 1.165) is 29.9 Å². The van der Waals surface area contributed by atoms with Crippen LogP contribution in [-0.2, 0) is 6.42 Å². The molecule has 2 atom stereocenters. The summed E-state index contributed by atoms with van der Waals surface area (Å²) in [6, 6.07) is 2.03. The first-order valence-corrected chi connectivity index (χ1v) is 7.78. The highest BCUT2D eigenvalue weighted by molar-refractivity contribution is 5.33. The molecule has 1 saturated heterocycles. The summed E-state index contributed by atoms with van der Waals surface area (Å²) in [4.78, 5) is 10.9. The van der Waals surface area contributed by atoms with E-state index >= 15 is 0 Å². The van der Waals surface area contributed by atoms with Crippen molar-refractivity contribution in [2.45, 2.75) is 39.2 Å². The summed E-state index contributed by atoms with van der Waals surface area (Å²) in [6.07, 6.45) is 4.16. The molecule has 0 amide bonds. The van der Waals surface area contributed by atoms with E-state index in [1.54, 1.807) is 0 Å². The van der Waals surface area contributed by atoms with E-state index < -0.39 is 0 Å². The van der Waals surface area contributed by atoms with Gasteiger partial charge in [-0.2, -0.15) is 5.10 Å². The van der Waals surface area contributed by atoms with E-state index in [1.807, 2.05) is 25.4 Å². The van der Waals surface area contributed by atoms with Crippen LogP contribution in [-0.4, -0.2) is 44.5 Å². The third kappa shape index (κ3) is 3.11. The maximum Gasteiger partial charge on any atom is 0.225 e. The zero-order valence-corrected chi connectivity index (χ0v) is 13.3. The van der Waals surface area contributed by atoms with Gasteiger partial charge in [0.2, 0.25) is 5.95 Å². The number of aromatic amines is 1. The molecule has 0 spiro atoms. The highest BCUT2D eigenvalue weighted by Crippen LogP contribution is 2.24. The average molecular weight is 301 g/mol. The molecule has 1 aliphatic heterocycles. The first kappa shape index (κ1) is 15.0. The van der Waals surface area contributed by atoms with Gasteiger partial charge in [0.25, 0.3) is 0 Å². The van der Waals surface area contributed by atoms with Crippen molar-refractivity contribution in [2.24, 2.45) is 5.92 Å². The topological polar surface area (TPSA) is 77.9 Å². The van der Waals surface area contributed by atoms with E-state index in [4.69, 9.17) is 0 Å². The molecule has 6 heteroatoms. The standard InChI is InChI=1S/C16H23N5O/c1-10(2)13-6-17-16(18-7-13)21-8-12(15(22)9-21)5-14-4-11(3)19-20-14/h4,6-7,10,12,15,22H,5,8-9H2,1-3H3,(H,19,20)/t12-,15-/m1/s1. The lowest BCUT2D eigenvalue weighted by atomic mass is 10.0. The van der Waals surface area contributed by atoms with E-state index in [1.165, 1.54) is 0 Å². The van der Waals surface area contributed by atoms with E-state index in [2.05, 4.69) is 38.9 Å². The smallest absolute Gasteiger partial charge is 0.225 e. The number of anilines is 1. The van der Waals surface area contributed by atoms with Crippen molar-refractivity contribution in [1.82, 2.24) is 20.2 Å². The molecule has 3 heterocycles. The zero-order chi connectivity index (χ0) is 15.7. The van der Waals surface area contributed by atoms with E-state index in [0.29, 0.717) is 18.4 Å². The predicted octanol–water partition coefficient (Wildman–Crippen LogP) is 1.67. The number of hydrogen-bond donors (Lipinski definition) is 2. The van der Waals surface area contributed by atoms with Crippen LogP contribution >= 0.6 is 0 Å². The second-order valence-corrected chi connectivity index (χ2v) is 6.45. The van der Waals surface area contributed by atoms with Gasteiger partial charge >= 0.3 is 0 Å². The van der Waals surface area contributed by atoms with Gasteiger partial charge in [-0.15, -0.1) is 0 Å². The molecule has 2 aromatic rings. The molecule has 1 aliphatic rings. The van der Waals surface area contributed by atoms with Gasteiger partial charge < -0.3 is 10.0 Å². The molecular weight excluding hydrogens is 278 g/mol. The number of nitrogens with zero attached hydrogens (tertiary/aromatic N) is 4. The number of aliphatic hydroxyl groups is 1. The summed E-state index contributed by atoms with van der Waals surface area (Å²) < 4.78 is 0. The lowest BCUT2D eigenvalue weighted by Crippen LogP contribution is -2.23. The molecule has 1 fully saturated rings. The van der Waals surface area contributed by atoms with Gasteiger partial charge in [-0.3, -0.25) is 5.10 Å². The van der Waals surface area contributed by atoms with Gasteiger partial charge in [-0.05, 0) is 30.9 Å². The second-order valence-electron chi connectivity index (χ2n) is 6.45. The van der Waals surface area contributed by atoms with Crippen LogP contribution in [0.4, 0.5) is 5.95 Å². The van der Waals surface area contributed by atoms with Crippen molar-refractivity contribution in [3.8, 4) is 0 Å². The van der Waals surface area contributed by atoms with Crippen molar-refractivity contribution in [3.63, 3.8) is 0 Å². The minimum absolute atomic E-state index is 0.163. The van der Waals surface area contributed by atoms with Gasteiger partial charge in [0.05, 0.1) is 11.8 Å². The molecule has 2 aromatic heterocycles. The summed E-state index contributed by atoms with van der Waals surface area (Å²) in [5, 5.41) is 17.5. The SMILES string of the molecule is Cc1cc(C[C@@H]2CN(c3ncc(C(C)C)cn3)C[C@H]2O)n[nH]1. The molecule has 6 nitrogen and oxygen atoms in total. The highest BCUT2D eigenvalue weighted by atomic mass is 16.3. The quantitative estimate of drug-likeness (QED) is 0.898. The minimum Gasteiger partial charge on any atom is -0.391 e. The van der Waals surface area contributed by atoms with Crippen LogP contribution < -0.4 is 4.90 Å². The van der Waals surface area contributed by atoms with E-state index in [-0.39, 0.29) is 12.0 Å². The molecule has 0 aliphatic carbocycles. The largest absolute Gasteiger partial charge is 0.391 e. The molecule has 0 unspecified atom stereocenters. The average Bonchev–Trinajstić information content (AvgIpc) is 3.06. The number of hydrogen-bond acceptors (Lipinski definition) is 5. The Morgan fingerprint density at radius 3 is 2.64 bits per heavy atom. The molecule has 0 saturated carbocycles. The van der Waals surface area contributed by atoms with Gasteiger partial charge in [-0.25, -0.2) is 9.97 Å². The fourth-order valence-corrected chi connectivity index (χ4v) is 2.86. The highest BCUT2D eigenvalue weighted by Gasteiger charge is 2.33. The van der Waals surface area contributed by atoms with Crippen LogP contribution in [0.2, 0.25) is 0 Å². The summed E-state index contributed by atoms with van der Waals surface area (Å²) in [5.74, 6) is 1.29. The number of H-pyrrole nitrogens is 1. The summed E-state index contributed by atoms with van der Waals surface area (Å²) in [6.45, 7) is 7.57. The summed E-state index contributed by atoms with van der Waals surface area (Å²) >= 11 is 0. The first-order valence-electron chi connectivity index (χ1n) is 7.78. The number of nitrogens with one attached hydrogen (secondary N) is 1.